The lowest BCUT2D eigenvalue weighted by molar-refractivity contribution is 0.0939. The number of nitrogens with zero attached hydrogens (tertiary/aromatic N) is 2. The molecule has 0 aliphatic rings. The average molecular weight is 377 g/mol. The number of ether oxygens (including phenoxy) is 2. The molecule has 28 heavy (non-hydrogen) atoms. The van der Waals surface area contributed by atoms with E-state index >= 15 is 0 Å². The van der Waals surface area contributed by atoms with E-state index in [1.807, 2.05) is 56.3 Å². The highest BCUT2D eigenvalue weighted by atomic mass is 16.5. The molecule has 2 aromatic carbocycles. The second-order valence-electron chi connectivity index (χ2n) is 6.40. The molecule has 1 amide bonds. The Bertz CT molecular complexity index is 942. The van der Waals surface area contributed by atoms with Crippen molar-refractivity contribution in [2.75, 3.05) is 7.11 Å². The Morgan fingerprint density at radius 2 is 1.82 bits per heavy atom. The molecule has 1 aromatic heterocycles. The van der Waals surface area contributed by atoms with E-state index in [0.717, 1.165) is 12.0 Å². The summed E-state index contributed by atoms with van der Waals surface area (Å²) in [6.07, 6.45) is 0.881. The van der Waals surface area contributed by atoms with Gasteiger partial charge in [-0.3, -0.25) is 4.79 Å². The van der Waals surface area contributed by atoms with Gasteiger partial charge in [-0.15, -0.1) is 10.2 Å². The molecule has 0 fully saturated rings. The molecule has 1 atom stereocenters. The quantitative estimate of drug-likeness (QED) is 0.657. The van der Waals surface area contributed by atoms with Crippen LogP contribution in [-0.2, 0) is 0 Å². The predicted octanol–water partition coefficient (Wildman–Crippen LogP) is 4.47. The Balaban J connectivity index is 1.74. The van der Waals surface area contributed by atoms with Gasteiger partial charge < -0.3 is 14.8 Å². The normalized spacial score (nSPS) is 11.5. The first-order chi connectivity index (χ1) is 13.6. The van der Waals surface area contributed by atoms with E-state index in [1.54, 1.807) is 25.3 Å². The SMILES string of the molecule is CCC(C)NC(=O)c1cccc(-c2ccc(Oc3cccc(OC)c3)nn2)c1. The number of rotatable bonds is 7. The minimum atomic E-state index is -0.0952. The van der Waals surface area contributed by atoms with Crippen LogP contribution in [0.1, 0.15) is 30.6 Å². The third-order valence-corrected chi connectivity index (χ3v) is 4.31. The van der Waals surface area contributed by atoms with Gasteiger partial charge in [0, 0.05) is 29.3 Å². The van der Waals surface area contributed by atoms with Gasteiger partial charge in [0.2, 0.25) is 5.88 Å². The second kappa shape index (κ2) is 8.99. The maximum absolute atomic E-state index is 12.3. The van der Waals surface area contributed by atoms with E-state index in [1.165, 1.54) is 0 Å². The van der Waals surface area contributed by atoms with Crippen molar-refractivity contribution in [3.8, 4) is 28.6 Å². The Kier molecular flexibility index (Phi) is 6.22. The standard InChI is InChI=1S/C22H23N3O3/c1-4-15(2)23-22(26)17-8-5-7-16(13-17)20-11-12-21(25-24-20)28-19-10-6-9-18(14-19)27-3/h5-15H,4H2,1-3H3,(H,23,26). The number of nitrogens with one attached hydrogen (secondary N) is 1. The second-order valence-corrected chi connectivity index (χ2v) is 6.40. The Labute approximate surface area is 164 Å². The lowest BCUT2D eigenvalue weighted by Crippen LogP contribution is -2.31. The van der Waals surface area contributed by atoms with Gasteiger partial charge in [0.1, 0.15) is 11.5 Å². The predicted molar refractivity (Wildman–Crippen MR) is 108 cm³/mol. The Morgan fingerprint density at radius 1 is 1.04 bits per heavy atom. The fourth-order valence-electron chi connectivity index (χ4n) is 2.54. The fourth-order valence-corrected chi connectivity index (χ4v) is 2.54. The summed E-state index contributed by atoms with van der Waals surface area (Å²) in [6.45, 7) is 4.01. The van der Waals surface area contributed by atoms with Gasteiger partial charge in [-0.1, -0.05) is 25.1 Å². The minimum Gasteiger partial charge on any atom is -0.497 e. The number of carbonyl (C=O) groups excluding carboxylic acids is 1. The number of carbonyl (C=O) groups is 1. The molecule has 0 aliphatic carbocycles. The van der Waals surface area contributed by atoms with Crippen molar-refractivity contribution < 1.29 is 14.3 Å². The minimum absolute atomic E-state index is 0.0952. The van der Waals surface area contributed by atoms with Crippen molar-refractivity contribution in [3.63, 3.8) is 0 Å². The maximum atomic E-state index is 12.3. The van der Waals surface area contributed by atoms with E-state index in [2.05, 4.69) is 15.5 Å². The number of methoxy groups -OCH3 is 1. The third kappa shape index (κ3) is 4.85. The zero-order valence-corrected chi connectivity index (χ0v) is 16.2. The van der Waals surface area contributed by atoms with Gasteiger partial charge in [0.05, 0.1) is 12.8 Å². The molecule has 1 unspecified atom stereocenters. The van der Waals surface area contributed by atoms with Gasteiger partial charge in [0.15, 0.2) is 0 Å². The lowest BCUT2D eigenvalue weighted by Gasteiger charge is -2.12. The van der Waals surface area contributed by atoms with E-state index in [-0.39, 0.29) is 11.9 Å². The van der Waals surface area contributed by atoms with Crippen molar-refractivity contribution in [3.05, 3.63) is 66.2 Å². The molecule has 0 radical (unpaired) electrons. The first-order valence-electron chi connectivity index (χ1n) is 9.16. The Morgan fingerprint density at radius 3 is 2.54 bits per heavy atom. The molecule has 3 rings (SSSR count). The molecule has 0 saturated heterocycles. The molecule has 1 heterocycles. The van der Waals surface area contributed by atoms with Crippen LogP contribution >= 0.6 is 0 Å². The summed E-state index contributed by atoms with van der Waals surface area (Å²) in [5.74, 6) is 1.60. The molecule has 0 saturated carbocycles. The highest BCUT2D eigenvalue weighted by molar-refractivity contribution is 5.95. The van der Waals surface area contributed by atoms with Crippen LogP contribution in [0, 0.1) is 0 Å². The smallest absolute Gasteiger partial charge is 0.251 e. The molecule has 0 spiro atoms. The lowest BCUT2D eigenvalue weighted by atomic mass is 10.1. The van der Waals surface area contributed by atoms with Crippen molar-refractivity contribution >= 4 is 5.91 Å². The van der Waals surface area contributed by atoms with Crippen LogP contribution in [0.5, 0.6) is 17.4 Å². The van der Waals surface area contributed by atoms with Gasteiger partial charge in [-0.2, -0.15) is 0 Å². The summed E-state index contributed by atoms with van der Waals surface area (Å²) in [4.78, 5) is 12.3. The topological polar surface area (TPSA) is 73.3 Å². The van der Waals surface area contributed by atoms with Crippen LogP contribution in [0.2, 0.25) is 0 Å². The largest absolute Gasteiger partial charge is 0.497 e. The van der Waals surface area contributed by atoms with Crippen LogP contribution in [0.4, 0.5) is 0 Å². The zero-order chi connectivity index (χ0) is 19.9. The highest BCUT2D eigenvalue weighted by Crippen LogP contribution is 2.25. The molecule has 0 aliphatic heterocycles. The summed E-state index contributed by atoms with van der Waals surface area (Å²) >= 11 is 0. The highest BCUT2D eigenvalue weighted by Gasteiger charge is 2.10. The third-order valence-electron chi connectivity index (χ3n) is 4.31. The number of amides is 1. The summed E-state index contributed by atoms with van der Waals surface area (Å²) in [5.41, 5.74) is 2.07. The number of hydrogen-bond donors (Lipinski definition) is 1. The Hall–Kier alpha value is -3.41. The summed E-state index contributed by atoms with van der Waals surface area (Å²) in [5, 5.41) is 11.3. The van der Waals surface area contributed by atoms with Crippen LogP contribution < -0.4 is 14.8 Å². The van der Waals surface area contributed by atoms with Gasteiger partial charge in [-0.25, -0.2) is 0 Å². The van der Waals surface area contributed by atoms with Crippen molar-refractivity contribution in [2.24, 2.45) is 0 Å². The van der Waals surface area contributed by atoms with Crippen LogP contribution in [0.25, 0.3) is 11.3 Å². The van der Waals surface area contributed by atoms with Crippen LogP contribution in [0.15, 0.2) is 60.7 Å². The van der Waals surface area contributed by atoms with Crippen LogP contribution in [-0.4, -0.2) is 29.3 Å². The van der Waals surface area contributed by atoms with Crippen molar-refractivity contribution in [1.82, 2.24) is 15.5 Å². The first kappa shape index (κ1) is 19.4. The van der Waals surface area contributed by atoms with Gasteiger partial charge in [-0.05, 0) is 43.7 Å². The van der Waals surface area contributed by atoms with Gasteiger partial charge >= 0.3 is 0 Å². The zero-order valence-electron chi connectivity index (χ0n) is 16.2. The molecule has 6 heteroatoms. The summed E-state index contributed by atoms with van der Waals surface area (Å²) in [7, 11) is 1.60. The molecule has 6 nitrogen and oxygen atoms in total. The first-order valence-corrected chi connectivity index (χ1v) is 9.16. The monoisotopic (exact) mass is 377 g/mol. The van der Waals surface area contributed by atoms with Gasteiger partial charge in [0.25, 0.3) is 5.91 Å². The number of benzene rings is 2. The molecule has 0 bridgehead atoms. The van der Waals surface area contributed by atoms with Crippen molar-refractivity contribution in [1.29, 1.82) is 0 Å². The fraction of sp³-hybridized carbons (Fsp3) is 0.227. The number of aromatic nitrogens is 2. The van der Waals surface area contributed by atoms with Crippen molar-refractivity contribution in [2.45, 2.75) is 26.3 Å². The van der Waals surface area contributed by atoms with E-state index < -0.39 is 0 Å². The molecule has 3 aromatic rings. The van der Waals surface area contributed by atoms with E-state index in [9.17, 15) is 4.79 Å². The molecule has 144 valence electrons. The summed E-state index contributed by atoms with van der Waals surface area (Å²) in [6, 6.07) is 18.3. The molecule has 1 N–H and O–H groups in total. The maximum Gasteiger partial charge on any atom is 0.251 e. The summed E-state index contributed by atoms with van der Waals surface area (Å²) < 4.78 is 10.9. The van der Waals surface area contributed by atoms with E-state index in [0.29, 0.717) is 28.6 Å². The van der Waals surface area contributed by atoms with E-state index in [4.69, 9.17) is 9.47 Å². The average Bonchev–Trinajstić information content (AvgIpc) is 2.74. The number of hydrogen-bond acceptors (Lipinski definition) is 5. The molecular formula is C22H23N3O3. The van der Waals surface area contributed by atoms with Crippen LogP contribution in [0.3, 0.4) is 0 Å². The molecular weight excluding hydrogens is 354 g/mol.